The third-order valence-electron chi connectivity index (χ3n) is 6.24. The molecule has 2 aliphatic rings. The monoisotopic (exact) mass is 344 g/mol. The molecule has 4 heteroatoms. The summed E-state index contributed by atoms with van der Waals surface area (Å²) in [6.45, 7) is 5.18. The fourth-order valence-corrected chi connectivity index (χ4v) is 4.65. The van der Waals surface area contributed by atoms with Crippen molar-refractivity contribution in [1.82, 2.24) is 10.6 Å². The van der Waals surface area contributed by atoms with Gasteiger partial charge in [-0.05, 0) is 51.3 Å². The summed E-state index contributed by atoms with van der Waals surface area (Å²) < 4.78 is 5.41. The van der Waals surface area contributed by atoms with Crippen molar-refractivity contribution in [2.75, 3.05) is 33.4 Å². The maximum absolute atomic E-state index is 13.1. The van der Waals surface area contributed by atoms with Gasteiger partial charge in [0, 0.05) is 19.1 Å². The van der Waals surface area contributed by atoms with E-state index in [1.165, 1.54) is 24.0 Å². The number of hydrogen-bond donors (Lipinski definition) is 2. The minimum absolute atomic E-state index is 0.100. The molecule has 138 valence electrons. The first kappa shape index (κ1) is 18.4. The van der Waals surface area contributed by atoms with Crippen molar-refractivity contribution >= 4 is 5.91 Å². The Bertz CT molecular complexity index is 582. The van der Waals surface area contributed by atoms with E-state index in [0.717, 1.165) is 45.3 Å². The van der Waals surface area contributed by atoms with Crippen LogP contribution in [0.1, 0.15) is 49.7 Å². The van der Waals surface area contributed by atoms with E-state index in [0.29, 0.717) is 6.61 Å². The highest BCUT2D eigenvalue weighted by Crippen LogP contribution is 2.41. The van der Waals surface area contributed by atoms with Crippen molar-refractivity contribution in [1.29, 1.82) is 0 Å². The van der Waals surface area contributed by atoms with E-state index < -0.39 is 0 Å². The Hall–Kier alpha value is -1.39. The maximum atomic E-state index is 13.1. The van der Waals surface area contributed by atoms with Gasteiger partial charge in [-0.2, -0.15) is 0 Å². The molecule has 2 N–H and O–H groups in total. The Balaban J connectivity index is 1.74. The van der Waals surface area contributed by atoms with Crippen LogP contribution < -0.4 is 10.6 Å². The molecule has 1 aliphatic heterocycles. The van der Waals surface area contributed by atoms with Crippen molar-refractivity contribution in [3.8, 4) is 0 Å². The predicted molar refractivity (Wildman–Crippen MR) is 101 cm³/mol. The van der Waals surface area contributed by atoms with E-state index in [-0.39, 0.29) is 16.7 Å². The standard InChI is InChI=1S/C21H32N2O2/c1-17-6-5-7-18(14-17)20(8-3-4-9-20)15-23-19(24)21(16-25-2)10-12-22-13-11-21/h5-7,14,22H,3-4,8-13,15-16H2,1-2H3,(H,23,24). The van der Waals surface area contributed by atoms with E-state index >= 15 is 0 Å². The first-order chi connectivity index (χ1) is 12.1. The molecule has 1 heterocycles. The third kappa shape index (κ3) is 3.90. The van der Waals surface area contributed by atoms with Gasteiger partial charge in [0.1, 0.15) is 0 Å². The van der Waals surface area contributed by atoms with Gasteiger partial charge >= 0.3 is 0 Å². The molecule has 1 aromatic rings. The molecule has 0 spiro atoms. The van der Waals surface area contributed by atoms with Crippen LogP contribution in [0.5, 0.6) is 0 Å². The summed E-state index contributed by atoms with van der Waals surface area (Å²) in [7, 11) is 1.70. The highest BCUT2D eigenvalue weighted by atomic mass is 16.5. The highest BCUT2D eigenvalue weighted by Gasteiger charge is 2.42. The fraction of sp³-hybridized carbons (Fsp3) is 0.667. The highest BCUT2D eigenvalue weighted by molar-refractivity contribution is 5.83. The SMILES string of the molecule is COCC1(C(=O)NCC2(c3cccc(C)c3)CCCC2)CCNCC1. The lowest BCUT2D eigenvalue weighted by atomic mass is 9.76. The molecular formula is C21H32N2O2. The van der Waals surface area contributed by atoms with Crippen LogP contribution in [0.3, 0.4) is 0 Å². The van der Waals surface area contributed by atoms with Crippen molar-refractivity contribution < 1.29 is 9.53 Å². The van der Waals surface area contributed by atoms with Crippen LogP contribution in [0.4, 0.5) is 0 Å². The summed E-state index contributed by atoms with van der Waals surface area (Å²) in [4.78, 5) is 13.1. The minimum atomic E-state index is -0.369. The number of methoxy groups -OCH3 is 1. The van der Waals surface area contributed by atoms with Crippen LogP contribution >= 0.6 is 0 Å². The predicted octanol–water partition coefficient (Wildman–Crippen LogP) is 2.94. The van der Waals surface area contributed by atoms with Crippen LogP contribution in [-0.4, -0.2) is 39.3 Å². The summed E-state index contributed by atoms with van der Waals surface area (Å²) in [6, 6.07) is 8.83. The smallest absolute Gasteiger partial charge is 0.228 e. The summed E-state index contributed by atoms with van der Waals surface area (Å²) in [5, 5.41) is 6.69. The molecular weight excluding hydrogens is 312 g/mol. The van der Waals surface area contributed by atoms with Gasteiger partial charge in [0.05, 0.1) is 12.0 Å². The number of ether oxygens (including phenoxy) is 1. The molecule has 3 rings (SSSR count). The largest absolute Gasteiger partial charge is 0.384 e. The van der Waals surface area contributed by atoms with Crippen LogP contribution in [0.25, 0.3) is 0 Å². The summed E-state index contributed by atoms with van der Waals surface area (Å²) >= 11 is 0. The molecule has 1 saturated carbocycles. The Morgan fingerprint density at radius 2 is 1.92 bits per heavy atom. The number of piperidine rings is 1. The average molecular weight is 344 g/mol. The number of rotatable bonds is 6. The Morgan fingerprint density at radius 3 is 2.56 bits per heavy atom. The maximum Gasteiger partial charge on any atom is 0.228 e. The van der Waals surface area contributed by atoms with Gasteiger partial charge in [0.15, 0.2) is 0 Å². The normalized spacial score (nSPS) is 21.8. The number of carbonyl (C=O) groups excluding carboxylic acids is 1. The van der Waals surface area contributed by atoms with Crippen LogP contribution in [-0.2, 0) is 14.9 Å². The Morgan fingerprint density at radius 1 is 1.20 bits per heavy atom. The number of benzene rings is 1. The summed E-state index contributed by atoms with van der Waals surface area (Å²) in [5.74, 6) is 0.176. The van der Waals surface area contributed by atoms with Crippen LogP contribution in [0.15, 0.2) is 24.3 Å². The van der Waals surface area contributed by atoms with Gasteiger partial charge < -0.3 is 15.4 Å². The number of carbonyl (C=O) groups is 1. The Kier molecular flexibility index (Phi) is 5.80. The van der Waals surface area contributed by atoms with E-state index in [1.54, 1.807) is 7.11 Å². The minimum Gasteiger partial charge on any atom is -0.384 e. The molecule has 1 saturated heterocycles. The van der Waals surface area contributed by atoms with Gasteiger partial charge in [-0.15, -0.1) is 0 Å². The number of nitrogens with one attached hydrogen (secondary N) is 2. The number of aryl methyl sites for hydroxylation is 1. The second-order valence-electron chi connectivity index (χ2n) is 8.00. The molecule has 1 amide bonds. The van der Waals surface area contributed by atoms with Crippen LogP contribution in [0, 0.1) is 12.3 Å². The molecule has 0 bridgehead atoms. The molecule has 4 nitrogen and oxygen atoms in total. The third-order valence-corrected chi connectivity index (χ3v) is 6.24. The molecule has 1 aliphatic carbocycles. The van der Waals surface area contributed by atoms with Gasteiger partial charge in [-0.1, -0.05) is 42.7 Å². The second-order valence-corrected chi connectivity index (χ2v) is 8.00. The lowest BCUT2D eigenvalue weighted by molar-refractivity contribution is -0.136. The number of hydrogen-bond acceptors (Lipinski definition) is 3. The van der Waals surface area contributed by atoms with E-state index in [9.17, 15) is 4.79 Å². The van der Waals surface area contributed by atoms with Gasteiger partial charge in [-0.25, -0.2) is 0 Å². The topological polar surface area (TPSA) is 50.4 Å². The summed E-state index contributed by atoms with van der Waals surface area (Å²) in [5.41, 5.74) is 2.41. The zero-order chi connectivity index (χ0) is 17.8. The fourth-order valence-electron chi connectivity index (χ4n) is 4.65. The molecule has 0 atom stereocenters. The molecule has 0 radical (unpaired) electrons. The van der Waals surface area contributed by atoms with Crippen molar-refractivity contribution in [3.63, 3.8) is 0 Å². The van der Waals surface area contributed by atoms with Gasteiger partial charge in [0.25, 0.3) is 0 Å². The zero-order valence-electron chi connectivity index (χ0n) is 15.7. The second kappa shape index (κ2) is 7.88. The van der Waals surface area contributed by atoms with Crippen molar-refractivity contribution in [2.24, 2.45) is 5.41 Å². The van der Waals surface area contributed by atoms with Gasteiger partial charge in [-0.3, -0.25) is 4.79 Å². The molecule has 0 aromatic heterocycles. The van der Waals surface area contributed by atoms with E-state index in [2.05, 4.69) is 41.8 Å². The molecule has 1 aromatic carbocycles. The average Bonchev–Trinajstić information content (AvgIpc) is 3.11. The van der Waals surface area contributed by atoms with Gasteiger partial charge in [0.2, 0.25) is 5.91 Å². The molecule has 2 fully saturated rings. The lowest BCUT2D eigenvalue weighted by Gasteiger charge is -2.37. The summed E-state index contributed by atoms with van der Waals surface area (Å²) in [6.07, 6.45) is 6.52. The van der Waals surface area contributed by atoms with Crippen molar-refractivity contribution in [2.45, 2.75) is 50.9 Å². The first-order valence-corrected chi connectivity index (χ1v) is 9.65. The lowest BCUT2D eigenvalue weighted by Crippen LogP contribution is -2.52. The number of amides is 1. The van der Waals surface area contributed by atoms with E-state index in [1.807, 2.05) is 0 Å². The Labute approximate surface area is 151 Å². The quantitative estimate of drug-likeness (QED) is 0.834. The van der Waals surface area contributed by atoms with E-state index in [4.69, 9.17) is 4.74 Å². The first-order valence-electron chi connectivity index (χ1n) is 9.65. The zero-order valence-corrected chi connectivity index (χ0v) is 15.7. The molecule has 0 unspecified atom stereocenters. The van der Waals surface area contributed by atoms with Crippen LogP contribution in [0.2, 0.25) is 0 Å². The molecule has 25 heavy (non-hydrogen) atoms. The van der Waals surface area contributed by atoms with Crippen molar-refractivity contribution in [3.05, 3.63) is 35.4 Å².